The van der Waals surface area contributed by atoms with Crippen molar-refractivity contribution in [2.45, 2.75) is 75.4 Å². The van der Waals surface area contributed by atoms with Crippen LogP contribution in [0, 0.1) is 17.2 Å². The van der Waals surface area contributed by atoms with Crippen molar-refractivity contribution in [1.29, 1.82) is 5.26 Å². The molecule has 3 amide bonds. The number of likely N-dealkylation sites (tertiary alicyclic amines) is 1. The lowest BCUT2D eigenvalue weighted by molar-refractivity contribution is -0.130. The minimum absolute atomic E-state index is 0.00240. The molecule has 0 spiro atoms. The molecule has 1 aliphatic heterocycles. The van der Waals surface area contributed by atoms with Crippen LogP contribution >= 0.6 is 0 Å². The van der Waals surface area contributed by atoms with E-state index in [0.29, 0.717) is 18.9 Å². The van der Waals surface area contributed by atoms with Crippen molar-refractivity contribution in [3.05, 3.63) is 29.8 Å². The van der Waals surface area contributed by atoms with E-state index >= 15 is 0 Å². The molecule has 10 heteroatoms. The fourth-order valence-corrected chi connectivity index (χ4v) is 5.31. The van der Waals surface area contributed by atoms with Gasteiger partial charge < -0.3 is 15.5 Å². The minimum Gasteiger partial charge on any atom is -0.335 e. The summed E-state index contributed by atoms with van der Waals surface area (Å²) in [5.41, 5.74) is 0.806. The number of benzene rings is 1. The summed E-state index contributed by atoms with van der Waals surface area (Å²) >= 11 is 0. The van der Waals surface area contributed by atoms with Gasteiger partial charge in [0.1, 0.15) is 6.04 Å². The zero-order valence-corrected chi connectivity index (χ0v) is 20.0. The fourth-order valence-electron chi connectivity index (χ4n) is 4.40. The molecule has 1 aromatic carbocycles. The fraction of sp³-hybridized carbons (Fsp3) is 0.609. The molecule has 0 bridgehead atoms. The number of nitriles is 1. The van der Waals surface area contributed by atoms with E-state index in [4.69, 9.17) is 5.26 Å². The molecular formula is C23H33N5O4S. The highest BCUT2D eigenvalue weighted by Crippen LogP contribution is 2.23. The van der Waals surface area contributed by atoms with Crippen LogP contribution in [0.2, 0.25) is 0 Å². The van der Waals surface area contributed by atoms with Gasteiger partial charge >= 0.3 is 6.03 Å². The molecule has 33 heavy (non-hydrogen) atoms. The minimum atomic E-state index is -3.98. The van der Waals surface area contributed by atoms with Gasteiger partial charge in [-0.25, -0.2) is 17.9 Å². The Bertz CT molecular complexity index is 981. The molecule has 3 rings (SSSR count). The summed E-state index contributed by atoms with van der Waals surface area (Å²) in [6.45, 7) is 4.75. The van der Waals surface area contributed by atoms with Crippen LogP contribution in [-0.2, 0) is 14.8 Å². The van der Waals surface area contributed by atoms with E-state index in [2.05, 4.69) is 28.3 Å². The Balaban J connectivity index is 1.51. The summed E-state index contributed by atoms with van der Waals surface area (Å²) in [6.07, 6.45) is 5.29. The van der Waals surface area contributed by atoms with Gasteiger partial charge in [0, 0.05) is 18.6 Å². The Morgan fingerprint density at radius 3 is 2.45 bits per heavy atom. The van der Waals surface area contributed by atoms with E-state index in [0.717, 1.165) is 37.7 Å². The zero-order chi connectivity index (χ0) is 24.0. The lowest BCUT2D eigenvalue weighted by Crippen LogP contribution is -2.45. The predicted molar refractivity (Wildman–Crippen MR) is 123 cm³/mol. The number of carbonyl (C=O) groups is 2. The van der Waals surface area contributed by atoms with Crippen molar-refractivity contribution in [2.24, 2.45) is 5.92 Å². The van der Waals surface area contributed by atoms with Gasteiger partial charge in [0.05, 0.1) is 17.5 Å². The summed E-state index contributed by atoms with van der Waals surface area (Å²) in [6, 6.07) is 7.10. The van der Waals surface area contributed by atoms with Gasteiger partial charge in [-0.3, -0.25) is 4.79 Å². The van der Waals surface area contributed by atoms with Crippen LogP contribution in [0.25, 0.3) is 0 Å². The zero-order valence-electron chi connectivity index (χ0n) is 19.2. The van der Waals surface area contributed by atoms with Crippen molar-refractivity contribution in [2.75, 3.05) is 13.1 Å². The summed E-state index contributed by atoms with van der Waals surface area (Å²) in [4.78, 5) is 26.2. The van der Waals surface area contributed by atoms with Crippen LogP contribution in [0.1, 0.15) is 64.0 Å². The summed E-state index contributed by atoms with van der Waals surface area (Å²) in [7, 11) is -3.98. The number of carbonyl (C=O) groups excluding carboxylic acids is 2. The van der Waals surface area contributed by atoms with Gasteiger partial charge in [0.2, 0.25) is 5.91 Å². The van der Waals surface area contributed by atoms with Crippen LogP contribution in [0.4, 0.5) is 4.79 Å². The van der Waals surface area contributed by atoms with Crippen molar-refractivity contribution in [1.82, 2.24) is 20.3 Å². The summed E-state index contributed by atoms with van der Waals surface area (Å²) in [5, 5.41) is 15.0. The number of hydrogen-bond acceptors (Lipinski definition) is 6. The molecule has 2 fully saturated rings. The molecule has 0 radical (unpaired) electrons. The highest BCUT2D eigenvalue weighted by molar-refractivity contribution is 7.90. The van der Waals surface area contributed by atoms with Gasteiger partial charge in [0.15, 0.2) is 0 Å². The van der Waals surface area contributed by atoms with Crippen molar-refractivity contribution >= 4 is 22.0 Å². The molecule has 2 atom stereocenters. The lowest BCUT2D eigenvalue weighted by Gasteiger charge is -2.26. The Labute approximate surface area is 196 Å². The first-order valence-electron chi connectivity index (χ1n) is 11.6. The van der Waals surface area contributed by atoms with E-state index in [9.17, 15) is 18.0 Å². The first-order chi connectivity index (χ1) is 15.7. The molecule has 180 valence electrons. The Morgan fingerprint density at radius 2 is 1.82 bits per heavy atom. The molecule has 1 heterocycles. The maximum Gasteiger partial charge on any atom is 0.328 e. The molecule has 2 aliphatic rings. The van der Waals surface area contributed by atoms with E-state index in [1.54, 1.807) is 17.0 Å². The van der Waals surface area contributed by atoms with Gasteiger partial charge in [-0.2, -0.15) is 5.26 Å². The second-order valence-electron chi connectivity index (χ2n) is 9.08. The number of rotatable bonds is 7. The number of nitrogens with zero attached hydrogens (tertiary/aromatic N) is 2. The second kappa shape index (κ2) is 11.0. The highest BCUT2D eigenvalue weighted by atomic mass is 32.2. The largest absolute Gasteiger partial charge is 0.335 e. The van der Waals surface area contributed by atoms with Crippen LogP contribution in [0.5, 0.6) is 0 Å². The first kappa shape index (κ1) is 25.0. The Kier molecular flexibility index (Phi) is 8.32. The second-order valence-corrected chi connectivity index (χ2v) is 10.8. The topological polar surface area (TPSA) is 131 Å². The van der Waals surface area contributed by atoms with Crippen LogP contribution < -0.4 is 15.4 Å². The Morgan fingerprint density at radius 1 is 1.15 bits per heavy atom. The highest BCUT2D eigenvalue weighted by Gasteiger charge is 2.28. The SMILES string of the molecule is CC1CCC(NC(=O)NS(=O)(=O)c2ccc(C(C)NCC(=O)N3CCC[C@H]3C#N)cc2)CC1. The molecule has 1 saturated heterocycles. The lowest BCUT2D eigenvalue weighted by atomic mass is 9.87. The van der Waals surface area contributed by atoms with E-state index in [-0.39, 0.29) is 35.5 Å². The maximum absolute atomic E-state index is 12.6. The number of urea groups is 1. The smallest absolute Gasteiger partial charge is 0.328 e. The molecule has 1 aromatic rings. The summed E-state index contributed by atoms with van der Waals surface area (Å²) in [5.74, 6) is 0.519. The van der Waals surface area contributed by atoms with Gasteiger partial charge in [0.25, 0.3) is 10.0 Å². The molecule has 9 nitrogen and oxygen atoms in total. The van der Waals surface area contributed by atoms with Crippen LogP contribution in [-0.4, -0.2) is 50.4 Å². The normalized spacial score (nSPS) is 24.0. The van der Waals surface area contributed by atoms with Gasteiger partial charge in [-0.15, -0.1) is 0 Å². The van der Waals surface area contributed by atoms with E-state index in [1.165, 1.54) is 12.1 Å². The van der Waals surface area contributed by atoms with Gasteiger partial charge in [-0.05, 0) is 69.1 Å². The van der Waals surface area contributed by atoms with E-state index in [1.807, 2.05) is 6.92 Å². The summed E-state index contributed by atoms with van der Waals surface area (Å²) < 4.78 is 27.2. The monoisotopic (exact) mass is 475 g/mol. The number of amides is 3. The molecule has 3 N–H and O–H groups in total. The van der Waals surface area contributed by atoms with E-state index < -0.39 is 16.1 Å². The van der Waals surface area contributed by atoms with Crippen molar-refractivity contribution in [3.8, 4) is 6.07 Å². The third kappa shape index (κ3) is 6.68. The molecule has 1 unspecified atom stereocenters. The number of sulfonamides is 1. The van der Waals surface area contributed by atoms with Gasteiger partial charge in [-0.1, -0.05) is 19.1 Å². The molecule has 0 aromatic heterocycles. The van der Waals surface area contributed by atoms with Crippen LogP contribution in [0.15, 0.2) is 29.2 Å². The van der Waals surface area contributed by atoms with Crippen molar-refractivity contribution < 1.29 is 18.0 Å². The average molecular weight is 476 g/mol. The quantitative estimate of drug-likeness (QED) is 0.555. The third-order valence-corrected chi connectivity index (χ3v) is 7.90. The Hall–Kier alpha value is -2.64. The third-order valence-electron chi connectivity index (χ3n) is 6.55. The van der Waals surface area contributed by atoms with Crippen molar-refractivity contribution in [3.63, 3.8) is 0 Å². The maximum atomic E-state index is 12.6. The average Bonchev–Trinajstić information content (AvgIpc) is 3.27. The molecular weight excluding hydrogens is 442 g/mol. The number of hydrogen-bond donors (Lipinski definition) is 3. The van der Waals surface area contributed by atoms with Crippen LogP contribution in [0.3, 0.4) is 0 Å². The molecule has 1 saturated carbocycles. The standard InChI is InChI=1S/C23H33N5O4S/c1-16-5-9-19(10-6-16)26-23(30)27-33(31,32)21-11-7-18(8-12-21)17(2)25-15-22(29)28-13-3-4-20(28)14-24/h7-8,11-12,16-17,19-20,25H,3-6,9-10,13,15H2,1-2H3,(H2,26,27,30)/t16?,17?,19?,20-/m0/s1. The molecule has 1 aliphatic carbocycles. The number of nitrogens with one attached hydrogen (secondary N) is 3. The predicted octanol–water partition coefficient (Wildman–Crippen LogP) is 2.42. The first-order valence-corrected chi connectivity index (χ1v) is 13.0.